The van der Waals surface area contributed by atoms with E-state index in [9.17, 15) is 0 Å². The van der Waals surface area contributed by atoms with Crippen LogP contribution in [-0.2, 0) is 19.4 Å². The molecule has 5 heteroatoms. The fourth-order valence-electron chi connectivity index (χ4n) is 2.06. The monoisotopic (exact) mass is 292 g/mol. The third kappa shape index (κ3) is 5.61. The molecule has 0 fully saturated rings. The van der Waals surface area contributed by atoms with E-state index in [1.807, 2.05) is 6.92 Å². The summed E-state index contributed by atoms with van der Waals surface area (Å²) < 4.78 is 5.37. The van der Waals surface area contributed by atoms with E-state index < -0.39 is 0 Å². The highest BCUT2D eigenvalue weighted by atomic mass is 16.5. The summed E-state index contributed by atoms with van der Waals surface area (Å²) in [6.07, 6.45) is 6.92. The van der Waals surface area contributed by atoms with Crippen LogP contribution in [0.4, 0.5) is 0 Å². The van der Waals surface area contributed by atoms with Gasteiger partial charge in [0.15, 0.2) is 5.96 Å². The van der Waals surface area contributed by atoms with Gasteiger partial charge in [0.25, 0.3) is 0 Å². The lowest BCUT2D eigenvalue weighted by Gasteiger charge is -2.10. The van der Waals surface area contributed by atoms with Crippen molar-refractivity contribution in [3.8, 4) is 0 Å². The molecule has 0 aliphatic rings. The van der Waals surface area contributed by atoms with Gasteiger partial charge in [-0.15, -0.1) is 0 Å². The lowest BCUT2D eigenvalue weighted by molar-refractivity contribution is 0.380. The minimum absolute atomic E-state index is 0.606. The van der Waals surface area contributed by atoms with E-state index in [1.54, 1.807) is 0 Å². The van der Waals surface area contributed by atoms with Crippen LogP contribution in [0, 0.1) is 0 Å². The first-order valence-electron chi connectivity index (χ1n) is 7.86. The SMILES string of the molecule is C/C=C/CCNC(=NCc1c(CC)noc1CC)NCC. The van der Waals surface area contributed by atoms with E-state index in [0.29, 0.717) is 6.54 Å². The molecule has 1 rings (SSSR count). The summed E-state index contributed by atoms with van der Waals surface area (Å²) >= 11 is 0. The van der Waals surface area contributed by atoms with Gasteiger partial charge < -0.3 is 15.2 Å². The first kappa shape index (κ1) is 17.3. The molecule has 2 N–H and O–H groups in total. The zero-order chi connectivity index (χ0) is 15.5. The number of aromatic nitrogens is 1. The number of allylic oxidation sites excluding steroid dienone is 1. The second kappa shape index (κ2) is 10.0. The van der Waals surface area contributed by atoms with Gasteiger partial charge in [-0.3, -0.25) is 0 Å². The summed E-state index contributed by atoms with van der Waals surface area (Å²) in [4.78, 5) is 4.64. The van der Waals surface area contributed by atoms with Gasteiger partial charge in [0.05, 0.1) is 12.2 Å². The molecule has 118 valence electrons. The van der Waals surface area contributed by atoms with Gasteiger partial charge in [-0.1, -0.05) is 31.2 Å². The summed E-state index contributed by atoms with van der Waals surface area (Å²) in [6, 6.07) is 0. The van der Waals surface area contributed by atoms with Gasteiger partial charge in [-0.05, 0) is 26.7 Å². The van der Waals surface area contributed by atoms with Gasteiger partial charge in [0.2, 0.25) is 0 Å². The first-order valence-corrected chi connectivity index (χ1v) is 7.86. The highest BCUT2D eigenvalue weighted by Gasteiger charge is 2.12. The van der Waals surface area contributed by atoms with Crippen molar-refractivity contribution in [1.29, 1.82) is 0 Å². The van der Waals surface area contributed by atoms with E-state index >= 15 is 0 Å². The van der Waals surface area contributed by atoms with E-state index in [4.69, 9.17) is 4.52 Å². The van der Waals surface area contributed by atoms with Crippen molar-refractivity contribution in [2.24, 2.45) is 4.99 Å². The molecule has 0 aliphatic carbocycles. The van der Waals surface area contributed by atoms with Crippen LogP contribution in [0.2, 0.25) is 0 Å². The molecule has 0 amide bonds. The zero-order valence-electron chi connectivity index (χ0n) is 13.7. The number of aryl methyl sites for hydroxylation is 2. The van der Waals surface area contributed by atoms with Crippen LogP contribution in [-0.4, -0.2) is 24.2 Å². The third-order valence-corrected chi connectivity index (χ3v) is 3.19. The Hall–Kier alpha value is -1.78. The Kier molecular flexibility index (Phi) is 8.24. The van der Waals surface area contributed by atoms with Crippen molar-refractivity contribution in [1.82, 2.24) is 15.8 Å². The molecule has 0 saturated carbocycles. The Morgan fingerprint density at radius 2 is 2.05 bits per heavy atom. The second-order valence-corrected chi connectivity index (χ2v) is 4.72. The van der Waals surface area contributed by atoms with Crippen LogP contribution in [0.5, 0.6) is 0 Å². The maximum absolute atomic E-state index is 5.37. The average molecular weight is 292 g/mol. The molecule has 0 saturated heterocycles. The van der Waals surface area contributed by atoms with E-state index in [2.05, 4.69) is 53.7 Å². The second-order valence-electron chi connectivity index (χ2n) is 4.72. The summed E-state index contributed by atoms with van der Waals surface area (Å²) in [5.41, 5.74) is 2.14. The fourth-order valence-corrected chi connectivity index (χ4v) is 2.06. The number of hydrogen-bond donors (Lipinski definition) is 2. The maximum Gasteiger partial charge on any atom is 0.191 e. The fraction of sp³-hybridized carbons (Fsp3) is 0.625. The van der Waals surface area contributed by atoms with E-state index in [0.717, 1.165) is 55.3 Å². The smallest absolute Gasteiger partial charge is 0.191 e. The van der Waals surface area contributed by atoms with Gasteiger partial charge in [0, 0.05) is 25.1 Å². The van der Waals surface area contributed by atoms with Crippen molar-refractivity contribution in [2.45, 2.75) is 53.5 Å². The highest BCUT2D eigenvalue weighted by Crippen LogP contribution is 2.16. The molecule has 0 radical (unpaired) electrons. The lowest BCUT2D eigenvalue weighted by Crippen LogP contribution is -2.37. The number of hydrogen-bond acceptors (Lipinski definition) is 3. The van der Waals surface area contributed by atoms with Crippen LogP contribution < -0.4 is 10.6 Å². The topological polar surface area (TPSA) is 62.5 Å². The molecule has 1 heterocycles. The quantitative estimate of drug-likeness (QED) is 0.335. The Morgan fingerprint density at radius 1 is 1.24 bits per heavy atom. The van der Waals surface area contributed by atoms with Gasteiger partial charge >= 0.3 is 0 Å². The molecule has 0 bridgehead atoms. The molecule has 0 aliphatic heterocycles. The standard InChI is InChI=1S/C16H28N4O/c1-5-9-10-11-18-16(17-8-4)19-12-13-14(6-2)20-21-15(13)7-3/h5,9H,6-8,10-12H2,1-4H3,(H2,17,18,19)/b9-5+. The first-order chi connectivity index (χ1) is 10.3. The number of nitrogens with one attached hydrogen (secondary N) is 2. The van der Waals surface area contributed by atoms with Crippen LogP contribution >= 0.6 is 0 Å². The zero-order valence-corrected chi connectivity index (χ0v) is 13.7. The summed E-state index contributed by atoms with van der Waals surface area (Å²) in [6.45, 7) is 10.6. The van der Waals surface area contributed by atoms with Crippen LogP contribution in [0.3, 0.4) is 0 Å². The summed E-state index contributed by atoms with van der Waals surface area (Å²) in [7, 11) is 0. The van der Waals surface area contributed by atoms with Crippen molar-refractivity contribution < 1.29 is 4.52 Å². The van der Waals surface area contributed by atoms with Crippen LogP contribution in [0.25, 0.3) is 0 Å². The molecule has 0 aromatic carbocycles. The van der Waals surface area contributed by atoms with Crippen molar-refractivity contribution >= 4 is 5.96 Å². The predicted molar refractivity (Wildman–Crippen MR) is 87.5 cm³/mol. The Morgan fingerprint density at radius 3 is 2.67 bits per heavy atom. The Balaban J connectivity index is 2.70. The van der Waals surface area contributed by atoms with Gasteiger partial charge in [-0.25, -0.2) is 4.99 Å². The van der Waals surface area contributed by atoms with E-state index in [-0.39, 0.29) is 0 Å². The van der Waals surface area contributed by atoms with Crippen molar-refractivity contribution in [3.63, 3.8) is 0 Å². The van der Waals surface area contributed by atoms with E-state index in [1.165, 1.54) is 0 Å². The van der Waals surface area contributed by atoms with Crippen LogP contribution in [0.15, 0.2) is 21.7 Å². The molecule has 21 heavy (non-hydrogen) atoms. The highest BCUT2D eigenvalue weighted by molar-refractivity contribution is 5.79. The normalized spacial score (nSPS) is 12.1. The summed E-state index contributed by atoms with van der Waals surface area (Å²) in [5.74, 6) is 1.78. The van der Waals surface area contributed by atoms with Crippen molar-refractivity contribution in [3.05, 3.63) is 29.2 Å². The molecule has 5 nitrogen and oxygen atoms in total. The number of guanidine groups is 1. The lowest BCUT2D eigenvalue weighted by atomic mass is 10.1. The maximum atomic E-state index is 5.37. The number of rotatable bonds is 8. The molecular weight excluding hydrogens is 264 g/mol. The predicted octanol–water partition coefficient (Wildman–Crippen LogP) is 2.82. The largest absolute Gasteiger partial charge is 0.361 e. The Labute approximate surface area is 127 Å². The van der Waals surface area contributed by atoms with Crippen molar-refractivity contribution in [2.75, 3.05) is 13.1 Å². The van der Waals surface area contributed by atoms with Gasteiger partial charge in [0.1, 0.15) is 5.76 Å². The van der Waals surface area contributed by atoms with Crippen LogP contribution in [0.1, 0.15) is 51.1 Å². The molecule has 0 spiro atoms. The number of aliphatic imine (C=N–C) groups is 1. The molecule has 1 aromatic heterocycles. The molecule has 0 atom stereocenters. The third-order valence-electron chi connectivity index (χ3n) is 3.19. The molecule has 1 aromatic rings. The molecular formula is C16H28N4O. The van der Waals surface area contributed by atoms with Gasteiger partial charge in [-0.2, -0.15) is 0 Å². The average Bonchev–Trinajstić information content (AvgIpc) is 2.91. The number of nitrogens with zero attached hydrogens (tertiary/aromatic N) is 2. The Bertz CT molecular complexity index is 441. The molecule has 0 unspecified atom stereocenters. The minimum Gasteiger partial charge on any atom is -0.361 e. The minimum atomic E-state index is 0.606. The summed E-state index contributed by atoms with van der Waals surface area (Å²) in [5, 5.41) is 10.7.